The first-order valence-corrected chi connectivity index (χ1v) is 7.75. The molecule has 7 nitrogen and oxygen atoms in total. The molecule has 1 aromatic carbocycles. The molecule has 0 heterocycles. The molecule has 0 radical (unpaired) electrons. The van der Waals surface area contributed by atoms with Gasteiger partial charge in [-0.25, -0.2) is 4.79 Å². The van der Waals surface area contributed by atoms with Gasteiger partial charge in [-0.05, 0) is 49.3 Å². The van der Waals surface area contributed by atoms with Crippen molar-refractivity contribution in [1.29, 1.82) is 0 Å². The van der Waals surface area contributed by atoms with Crippen molar-refractivity contribution in [3.8, 4) is 0 Å². The molecule has 0 atom stereocenters. The standard InChI is InChI=1S/C16H22N2O5/c1-17(14-6-2-12(10-19)3-7-14)16(20)23-11-13-4-8-15(9-5-13)18(21)22/h4-5,8-9,12,14,19H,2-3,6-7,10-11H2,1H3. The fraction of sp³-hybridized carbons (Fsp3) is 0.562. The summed E-state index contributed by atoms with van der Waals surface area (Å²) in [5.74, 6) is 0.343. The molecule has 7 heteroatoms. The minimum absolute atomic E-state index is 0.0119. The van der Waals surface area contributed by atoms with Gasteiger partial charge < -0.3 is 14.7 Å². The van der Waals surface area contributed by atoms with E-state index in [-0.39, 0.29) is 24.9 Å². The van der Waals surface area contributed by atoms with Crippen LogP contribution < -0.4 is 0 Å². The fourth-order valence-corrected chi connectivity index (χ4v) is 2.82. The normalized spacial score (nSPS) is 20.8. The molecular weight excluding hydrogens is 300 g/mol. The van der Waals surface area contributed by atoms with Gasteiger partial charge in [0.1, 0.15) is 6.61 Å². The third-order valence-corrected chi connectivity index (χ3v) is 4.42. The highest BCUT2D eigenvalue weighted by molar-refractivity contribution is 5.67. The largest absolute Gasteiger partial charge is 0.445 e. The number of carbonyl (C=O) groups is 1. The number of ether oxygens (including phenoxy) is 1. The molecule has 0 saturated heterocycles. The van der Waals surface area contributed by atoms with Crippen LogP contribution in [0, 0.1) is 16.0 Å². The highest BCUT2D eigenvalue weighted by atomic mass is 16.6. The SMILES string of the molecule is CN(C(=O)OCc1ccc([N+](=O)[O-])cc1)C1CCC(CO)CC1. The molecule has 2 rings (SSSR count). The van der Waals surface area contributed by atoms with Crippen molar-refractivity contribution >= 4 is 11.8 Å². The Morgan fingerprint density at radius 2 is 1.91 bits per heavy atom. The van der Waals surface area contributed by atoms with Gasteiger partial charge in [-0.1, -0.05) is 0 Å². The van der Waals surface area contributed by atoms with Crippen molar-refractivity contribution in [2.24, 2.45) is 5.92 Å². The first-order chi connectivity index (χ1) is 11.0. The average molecular weight is 322 g/mol. The zero-order chi connectivity index (χ0) is 16.8. The predicted octanol–water partition coefficient (Wildman–Crippen LogP) is 2.71. The molecule has 1 saturated carbocycles. The van der Waals surface area contributed by atoms with Gasteiger partial charge in [0, 0.05) is 31.8 Å². The molecule has 23 heavy (non-hydrogen) atoms. The van der Waals surface area contributed by atoms with E-state index in [1.807, 2.05) is 0 Å². The molecule has 1 aliphatic rings. The molecule has 0 bridgehead atoms. The predicted molar refractivity (Wildman–Crippen MR) is 83.9 cm³/mol. The summed E-state index contributed by atoms with van der Waals surface area (Å²) >= 11 is 0. The van der Waals surface area contributed by atoms with Crippen molar-refractivity contribution < 1.29 is 19.6 Å². The van der Waals surface area contributed by atoms with Crippen LogP contribution in [0.5, 0.6) is 0 Å². The van der Waals surface area contributed by atoms with E-state index in [0.29, 0.717) is 11.5 Å². The van der Waals surface area contributed by atoms with E-state index in [4.69, 9.17) is 9.84 Å². The van der Waals surface area contributed by atoms with Crippen molar-refractivity contribution in [3.63, 3.8) is 0 Å². The third-order valence-electron chi connectivity index (χ3n) is 4.42. The molecule has 1 N–H and O–H groups in total. The van der Waals surface area contributed by atoms with Crippen LogP contribution in [0.3, 0.4) is 0 Å². The highest BCUT2D eigenvalue weighted by Gasteiger charge is 2.26. The lowest BCUT2D eigenvalue weighted by atomic mass is 9.86. The average Bonchev–Trinajstić information content (AvgIpc) is 2.59. The first kappa shape index (κ1) is 17.2. The van der Waals surface area contributed by atoms with Crippen LogP contribution in [-0.2, 0) is 11.3 Å². The van der Waals surface area contributed by atoms with Gasteiger partial charge in [0.05, 0.1) is 4.92 Å². The van der Waals surface area contributed by atoms with Gasteiger partial charge in [-0.15, -0.1) is 0 Å². The van der Waals surface area contributed by atoms with Crippen molar-refractivity contribution in [2.75, 3.05) is 13.7 Å². The number of nitro groups is 1. The van der Waals surface area contributed by atoms with Crippen LogP contribution in [0.2, 0.25) is 0 Å². The zero-order valence-corrected chi connectivity index (χ0v) is 13.2. The van der Waals surface area contributed by atoms with E-state index in [0.717, 1.165) is 25.7 Å². The third kappa shape index (κ3) is 4.66. The Labute approximate surface area is 135 Å². The number of rotatable bonds is 5. The number of nitrogens with zero attached hydrogens (tertiary/aromatic N) is 2. The summed E-state index contributed by atoms with van der Waals surface area (Å²) in [5.41, 5.74) is 0.721. The quantitative estimate of drug-likeness (QED) is 0.664. The molecule has 1 aromatic rings. The molecule has 0 spiro atoms. The maximum atomic E-state index is 12.1. The van der Waals surface area contributed by atoms with Crippen molar-refractivity contribution in [3.05, 3.63) is 39.9 Å². The van der Waals surface area contributed by atoms with E-state index in [1.54, 1.807) is 24.1 Å². The fourth-order valence-electron chi connectivity index (χ4n) is 2.82. The second-order valence-corrected chi connectivity index (χ2v) is 5.95. The molecule has 1 aliphatic carbocycles. The van der Waals surface area contributed by atoms with Crippen LogP contribution >= 0.6 is 0 Å². The Balaban J connectivity index is 1.81. The molecular formula is C16H22N2O5. The molecule has 126 valence electrons. The Kier molecular flexibility index (Phi) is 5.92. The first-order valence-electron chi connectivity index (χ1n) is 7.75. The summed E-state index contributed by atoms with van der Waals surface area (Å²) in [6, 6.07) is 6.09. The number of amides is 1. The smallest absolute Gasteiger partial charge is 0.410 e. The molecule has 0 unspecified atom stereocenters. The number of benzene rings is 1. The summed E-state index contributed by atoms with van der Waals surface area (Å²) in [5, 5.41) is 19.7. The van der Waals surface area contributed by atoms with Crippen LogP contribution in [0.25, 0.3) is 0 Å². The maximum Gasteiger partial charge on any atom is 0.410 e. The van der Waals surface area contributed by atoms with Gasteiger partial charge in [-0.2, -0.15) is 0 Å². The van der Waals surface area contributed by atoms with Gasteiger partial charge in [0.15, 0.2) is 0 Å². The second kappa shape index (κ2) is 7.92. The van der Waals surface area contributed by atoms with Crippen LogP contribution in [0.15, 0.2) is 24.3 Å². The minimum Gasteiger partial charge on any atom is -0.445 e. The lowest BCUT2D eigenvalue weighted by Crippen LogP contribution is -2.40. The number of hydrogen-bond donors (Lipinski definition) is 1. The van der Waals surface area contributed by atoms with E-state index in [9.17, 15) is 14.9 Å². The van der Waals surface area contributed by atoms with Crippen LogP contribution in [0.1, 0.15) is 31.2 Å². The Bertz CT molecular complexity index is 538. The van der Waals surface area contributed by atoms with Gasteiger partial charge in [0.2, 0.25) is 0 Å². The second-order valence-electron chi connectivity index (χ2n) is 5.95. The van der Waals surface area contributed by atoms with Crippen molar-refractivity contribution in [1.82, 2.24) is 4.90 Å². The van der Waals surface area contributed by atoms with Gasteiger partial charge in [0.25, 0.3) is 5.69 Å². The van der Waals surface area contributed by atoms with E-state index in [1.165, 1.54) is 12.1 Å². The van der Waals surface area contributed by atoms with Crippen molar-refractivity contribution in [2.45, 2.75) is 38.3 Å². The maximum absolute atomic E-state index is 12.1. The topological polar surface area (TPSA) is 92.9 Å². The highest BCUT2D eigenvalue weighted by Crippen LogP contribution is 2.27. The number of nitro benzene ring substituents is 1. The minimum atomic E-state index is -0.466. The summed E-state index contributed by atoms with van der Waals surface area (Å²) in [4.78, 5) is 23.8. The Morgan fingerprint density at radius 1 is 1.30 bits per heavy atom. The van der Waals surface area contributed by atoms with E-state index in [2.05, 4.69) is 0 Å². The lowest BCUT2D eigenvalue weighted by Gasteiger charge is -2.33. The van der Waals surface area contributed by atoms with Gasteiger partial charge >= 0.3 is 6.09 Å². The Hall–Kier alpha value is -2.15. The number of hydrogen-bond acceptors (Lipinski definition) is 5. The van der Waals surface area contributed by atoms with Crippen LogP contribution in [0.4, 0.5) is 10.5 Å². The number of aliphatic hydroxyl groups is 1. The number of aliphatic hydroxyl groups excluding tert-OH is 1. The lowest BCUT2D eigenvalue weighted by molar-refractivity contribution is -0.384. The van der Waals surface area contributed by atoms with E-state index >= 15 is 0 Å². The number of non-ortho nitro benzene ring substituents is 1. The monoisotopic (exact) mass is 322 g/mol. The van der Waals surface area contributed by atoms with Gasteiger partial charge in [-0.3, -0.25) is 10.1 Å². The van der Waals surface area contributed by atoms with E-state index < -0.39 is 11.0 Å². The summed E-state index contributed by atoms with van der Waals surface area (Å²) in [6.07, 6.45) is 3.18. The summed E-state index contributed by atoms with van der Waals surface area (Å²) in [7, 11) is 1.72. The molecule has 1 fully saturated rings. The zero-order valence-electron chi connectivity index (χ0n) is 13.2. The Morgan fingerprint density at radius 3 is 2.43 bits per heavy atom. The summed E-state index contributed by atoms with van der Waals surface area (Å²) in [6.45, 7) is 0.300. The molecule has 0 aromatic heterocycles. The van der Waals surface area contributed by atoms with Crippen LogP contribution in [-0.4, -0.2) is 40.7 Å². The molecule has 1 amide bonds. The molecule has 0 aliphatic heterocycles. The summed E-state index contributed by atoms with van der Waals surface area (Å²) < 4.78 is 5.26. The number of carbonyl (C=O) groups excluding carboxylic acids is 1.